The van der Waals surface area contributed by atoms with E-state index in [1.165, 1.54) is 18.5 Å². The third-order valence-electron chi connectivity index (χ3n) is 5.21. The Morgan fingerprint density at radius 3 is 2.72 bits per heavy atom. The van der Waals surface area contributed by atoms with Gasteiger partial charge in [0.1, 0.15) is 17.2 Å². The average molecular weight is 433 g/mol. The van der Waals surface area contributed by atoms with Crippen LogP contribution in [-0.4, -0.2) is 21.0 Å². The lowest BCUT2D eigenvalue weighted by atomic mass is 9.99. The Kier molecular flexibility index (Phi) is 5.44. The van der Waals surface area contributed by atoms with Crippen molar-refractivity contribution in [2.24, 2.45) is 0 Å². The van der Waals surface area contributed by atoms with Gasteiger partial charge in [-0.25, -0.2) is 14.2 Å². The van der Waals surface area contributed by atoms with Gasteiger partial charge in [-0.05, 0) is 50.6 Å². The van der Waals surface area contributed by atoms with Crippen molar-refractivity contribution in [3.63, 3.8) is 0 Å². The minimum Gasteiger partial charge on any atom is -0.476 e. The number of aromatic nitrogens is 2. The quantitative estimate of drug-likeness (QED) is 0.462. The van der Waals surface area contributed by atoms with Gasteiger partial charge >= 0.3 is 5.97 Å². The molecular formula is C24H20FN3O4. The summed E-state index contributed by atoms with van der Waals surface area (Å²) in [6.07, 6.45) is 3.92. The normalized spacial score (nSPS) is 12.0. The number of halogens is 1. The molecule has 0 spiro atoms. The van der Waals surface area contributed by atoms with Crippen molar-refractivity contribution in [3.8, 4) is 11.3 Å². The maximum absolute atomic E-state index is 13.8. The predicted molar refractivity (Wildman–Crippen MR) is 118 cm³/mol. The number of aryl methyl sites for hydroxylation is 1. The molecule has 0 aliphatic rings. The summed E-state index contributed by atoms with van der Waals surface area (Å²) >= 11 is 0. The summed E-state index contributed by atoms with van der Waals surface area (Å²) < 4.78 is 19.9. The van der Waals surface area contributed by atoms with E-state index in [0.717, 1.165) is 11.8 Å². The average Bonchev–Trinajstić information content (AvgIpc) is 2.76. The number of rotatable bonds is 5. The number of benzene rings is 1. The van der Waals surface area contributed by atoms with Gasteiger partial charge in [0.05, 0.1) is 23.3 Å². The molecule has 0 radical (unpaired) electrons. The van der Waals surface area contributed by atoms with Gasteiger partial charge < -0.3 is 14.8 Å². The van der Waals surface area contributed by atoms with E-state index in [0.29, 0.717) is 33.3 Å². The molecule has 1 atom stereocenters. The van der Waals surface area contributed by atoms with Crippen molar-refractivity contribution in [3.05, 3.63) is 87.3 Å². The third kappa shape index (κ3) is 3.82. The highest BCUT2D eigenvalue weighted by atomic mass is 19.1. The molecule has 4 aromatic rings. The third-order valence-corrected chi connectivity index (χ3v) is 5.21. The maximum atomic E-state index is 13.8. The topological polar surface area (TPSA) is 105 Å². The van der Waals surface area contributed by atoms with E-state index < -0.39 is 17.8 Å². The molecule has 0 unspecified atom stereocenters. The fourth-order valence-electron chi connectivity index (χ4n) is 3.70. The Balaban J connectivity index is 1.90. The molecule has 8 heteroatoms. The number of hydrogen-bond acceptors (Lipinski definition) is 6. The number of hydrogen-bond donors (Lipinski definition) is 2. The fourth-order valence-corrected chi connectivity index (χ4v) is 3.70. The minimum atomic E-state index is -1.16. The number of carboxylic acid groups (broad SMARTS) is 1. The first-order chi connectivity index (χ1) is 15.3. The molecule has 0 aliphatic carbocycles. The lowest BCUT2D eigenvalue weighted by Crippen LogP contribution is -2.14. The summed E-state index contributed by atoms with van der Waals surface area (Å²) in [7, 11) is 0. The van der Waals surface area contributed by atoms with Crippen LogP contribution < -0.4 is 10.7 Å². The lowest BCUT2D eigenvalue weighted by Gasteiger charge is -2.19. The molecule has 32 heavy (non-hydrogen) atoms. The number of nitrogens with one attached hydrogen (secondary N) is 1. The van der Waals surface area contributed by atoms with Crippen LogP contribution in [0.25, 0.3) is 22.3 Å². The highest BCUT2D eigenvalue weighted by Gasteiger charge is 2.21. The van der Waals surface area contributed by atoms with E-state index >= 15 is 0 Å². The smallest absolute Gasteiger partial charge is 0.356 e. The summed E-state index contributed by atoms with van der Waals surface area (Å²) in [5.41, 5.74) is 2.55. The summed E-state index contributed by atoms with van der Waals surface area (Å²) in [6, 6.07) is 7.69. The molecule has 0 amide bonds. The van der Waals surface area contributed by atoms with Gasteiger partial charge in [-0.1, -0.05) is 6.07 Å². The van der Waals surface area contributed by atoms with Gasteiger partial charge in [0.25, 0.3) is 0 Å². The molecule has 3 heterocycles. The van der Waals surface area contributed by atoms with Crippen molar-refractivity contribution in [1.82, 2.24) is 9.97 Å². The molecule has 2 N–H and O–H groups in total. The molecule has 0 fully saturated rings. The second-order valence-corrected chi connectivity index (χ2v) is 7.58. The SMILES string of the molecule is Cc1cc([C@@H](C)Nc2cccnc2C(=O)O)c2oc(-c3cncc(F)c3)c(C)c(=O)c2c1. The lowest BCUT2D eigenvalue weighted by molar-refractivity contribution is 0.0691. The summed E-state index contributed by atoms with van der Waals surface area (Å²) in [5, 5.41) is 13.0. The van der Waals surface area contributed by atoms with Crippen LogP contribution in [0.4, 0.5) is 10.1 Å². The van der Waals surface area contributed by atoms with E-state index in [1.54, 1.807) is 25.1 Å². The first kappa shape index (κ1) is 21.2. The summed E-state index contributed by atoms with van der Waals surface area (Å²) in [4.78, 5) is 32.4. The Morgan fingerprint density at radius 2 is 2.00 bits per heavy atom. The number of fused-ring (bicyclic) bond motifs is 1. The van der Waals surface area contributed by atoms with Crippen molar-refractivity contribution in [2.45, 2.75) is 26.8 Å². The molecule has 0 saturated heterocycles. The monoisotopic (exact) mass is 433 g/mol. The largest absolute Gasteiger partial charge is 0.476 e. The van der Waals surface area contributed by atoms with E-state index in [4.69, 9.17) is 4.42 Å². The molecule has 0 bridgehead atoms. The Morgan fingerprint density at radius 1 is 1.22 bits per heavy atom. The van der Waals surface area contributed by atoms with Gasteiger partial charge in [0.2, 0.25) is 0 Å². The summed E-state index contributed by atoms with van der Waals surface area (Å²) in [5.74, 6) is -1.46. The zero-order valence-corrected chi connectivity index (χ0v) is 17.6. The van der Waals surface area contributed by atoms with Crippen molar-refractivity contribution < 1.29 is 18.7 Å². The van der Waals surface area contributed by atoms with E-state index in [1.807, 2.05) is 19.9 Å². The molecule has 0 aliphatic heterocycles. The molecule has 1 aromatic carbocycles. The Labute approximate surface area is 182 Å². The maximum Gasteiger partial charge on any atom is 0.356 e. The van der Waals surface area contributed by atoms with E-state index in [-0.39, 0.29) is 16.9 Å². The van der Waals surface area contributed by atoms with E-state index in [2.05, 4.69) is 15.3 Å². The molecule has 162 valence electrons. The van der Waals surface area contributed by atoms with Crippen molar-refractivity contribution in [1.29, 1.82) is 0 Å². The van der Waals surface area contributed by atoms with Crippen LogP contribution in [0.15, 0.2) is 58.1 Å². The van der Waals surface area contributed by atoms with E-state index in [9.17, 15) is 19.1 Å². The number of anilines is 1. The van der Waals surface area contributed by atoms with Crippen LogP contribution >= 0.6 is 0 Å². The van der Waals surface area contributed by atoms with Crippen LogP contribution in [0.2, 0.25) is 0 Å². The van der Waals surface area contributed by atoms with Crippen LogP contribution in [0, 0.1) is 19.7 Å². The standard InChI is InChI=1S/C24H20FN3O4/c1-12-7-17(14(3)28-19-5-4-6-27-20(19)24(30)31)23-18(8-12)21(29)13(2)22(32-23)15-9-16(25)11-26-10-15/h4-11,14,28H,1-3H3,(H,30,31)/t14-/m1/s1. The molecular weight excluding hydrogens is 413 g/mol. The van der Waals surface area contributed by atoms with Crippen molar-refractivity contribution >= 4 is 22.6 Å². The predicted octanol–water partition coefficient (Wildman–Crippen LogP) is 4.88. The zero-order valence-electron chi connectivity index (χ0n) is 17.6. The van der Waals surface area contributed by atoms with Crippen molar-refractivity contribution in [2.75, 3.05) is 5.32 Å². The van der Waals surface area contributed by atoms with Gasteiger partial charge in [-0.3, -0.25) is 9.78 Å². The van der Waals surface area contributed by atoms with Gasteiger partial charge in [0.15, 0.2) is 11.1 Å². The molecule has 3 aromatic heterocycles. The first-order valence-electron chi connectivity index (χ1n) is 9.90. The fraction of sp³-hybridized carbons (Fsp3) is 0.167. The highest BCUT2D eigenvalue weighted by molar-refractivity contribution is 5.92. The minimum absolute atomic E-state index is 0.111. The number of aromatic carboxylic acids is 1. The first-order valence-corrected chi connectivity index (χ1v) is 9.90. The molecule has 0 saturated carbocycles. The van der Waals surface area contributed by atoms with Gasteiger partial charge in [0, 0.05) is 29.1 Å². The number of carboxylic acids is 1. The number of carbonyl (C=O) groups is 1. The number of nitrogens with zero attached hydrogens (tertiary/aromatic N) is 2. The zero-order chi connectivity index (χ0) is 23.0. The Bertz CT molecular complexity index is 1410. The second kappa shape index (κ2) is 8.22. The Hall–Kier alpha value is -4.07. The number of pyridine rings is 2. The second-order valence-electron chi connectivity index (χ2n) is 7.58. The van der Waals surface area contributed by atoms with Gasteiger partial charge in [-0.2, -0.15) is 0 Å². The molecule has 4 rings (SSSR count). The van der Waals surface area contributed by atoms with Crippen LogP contribution in [0.1, 0.15) is 40.1 Å². The highest BCUT2D eigenvalue weighted by Crippen LogP contribution is 2.32. The van der Waals surface area contributed by atoms with Crippen LogP contribution in [0.5, 0.6) is 0 Å². The molecule has 7 nitrogen and oxygen atoms in total. The van der Waals surface area contributed by atoms with Crippen LogP contribution in [0.3, 0.4) is 0 Å². The van der Waals surface area contributed by atoms with Gasteiger partial charge in [-0.15, -0.1) is 0 Å². The summed E-state index contributed by atoms with van der Waals surface area (Å²) in [6.45, 7) is 5.32. The van der Waals surface area contributed by atoms with Crippen LogP contribution in [-0.2, 0) is 0 Å².